The fourth-order valence-corrected chi connectivity index (χ4v) is 2.23. The normalized spacial score (nSPS) is 15.4. The van der Waals surface area contributed by atoms with Crippen LogP contribution in [0.5, 0.6) is 0 Å². The molecule has 0 amide bonds. The van der Waals surface area contributed by atoms with Gasteiger partial charge in [0.2, 0.25) is 0 Å². The third kappa shape index (κ3) is 3.57. The van der Waals surface area contributed by atoms with Gasteiger partial charge in [-0.3, -0.25) is 0 Å². The van der Waals surface area contributed by atoms with E-state index in [2.05, 4.69) is 15.2 Å². The minimum absolute atomic E-state index is 0.379. The van der Waals surface area contributed by atoms with E-state index in [1.165, 1.54) is 26.1 Å². The van der Waals surface area contributed by atoms with E-state index < -0.39 is 5.97 Å². The van der Waals surface area contributed by atoms with Crippen LogP contribution in [0.3, 0.4) is 0 Å². The number of ether oxygens (including phenoxy) is 1. The van der Waals surface area contributed by atoms with E-state index in [1.54, 1.807) is 6.07 Å². The number of aromatic nitrogens is 1. The number of likely N-dealkylation sites (tertiary alicyclic amines) is 1. The number of carbonyl (C=O) groups is 1. The molecule has 0 aliphatic carbocycles. The minimum Gasteiger partial charge on any atom is -0.465 e. The van der Waals surface area contributed by atoms with Crippen LogP contribution >= 0.6 is 0 Å². The second-order valence-corrected chi connectivity index (χ2v) is 4.63. The third-order valence-corrected chi connectivity index (χ3v) is 3.23. The predicted molar refractivity (Wildman–Crippen MR) is 74.2 cm³/mol. The molecule has 0 spiro atoms. The van der Waals surface area contributed by atoms with Gasteiger partial charge < -0.3 is 20.7 Å². The molecule has 1 saturated heterocycles. The van der Waals surface area contributed by atoms with Crippen molar-refractivity contribution in [2.24, 2.45) is 0 Å². The largest absolute Gasteiger partial charge is 0.465 e. The molecule has 1 fully saturated rings. The van der Waals surface area contributed by atoms with E-state index in [0.29, 0.717) is 17.1 Å². The molecule has 1 aliphatic rings. The number of nitrogen functional groups attached to an aromatic ring is 1. The smallest absolute Gasteiger partial charge is 0.341 e. The van der Waals surface area contributed by atoms with Crippen molar-refractivity contribution in [1.82, 2.24) is 9.88 Å². The Morgan fingerprint density at radius 2 is 2.26 bits per heavy atom. The molecule has 2 heterocycles. The molecule has 104 valence electrons. The van der Waals surface area contributed by atoms with Crippen LogP contribution in [-0.4, -0.2) is 49.1 Å². The maximum atomic E-state index is 11.6. The highest BCUT2D eigenvalue weighted by Crippen LogP contribution is 2.16. The topological polar surface area (TPSA) is 80.5 Å². The fraction of sp³-hybridized carbons (Fsp3) is 0.538. The highest BCUT2D eigenvalue weighted by molar-refractivity contribution is 5.95. The van der Waals surface area contributed by atoms with Gasteiger partial charge in [0.1, 0.15) is 11.4 Å². The zero-order valence-electron chi connectivity index (χ0n) is 11.2. The van der Waals surface area contributed by atoms with Gasteiger partial charge in [-0.1, -0.05) is 0 Å². The lowest BCUT2D eigenvalue weighted by Gasteiger charge is -2.16. The first-order valence-electron chi connectivity index (χ1n) is 6.51. The summed E-state index contributed by atoms with van der Waals surface area (Å²) in [6, 6.07) is 1.58. The summed E-state index contributed by atoms with van der Waals surface area (Å²) in [7, 11) is 1.35. The van der Waals surface area contributed by atoms with Crippen molar-refractivity contribution in [3.63, 3.8) is 0 Å². The summed E-state index contributed by atoms with van der Waals surface area (Å²) in [4.78, 5) is 18.2. The van der Waals surface area contributed by atoms with Crippen molar-refractivity contribution >= 4 is 17.5 Å². The van der Waals surface area contributed by atoms with Crippen LogP contribution in [-0.2, 0) is 4.74 Å². The van der Waals surface area contributed by atoms with Gasteiger partial charge in [0, 0.05) is 13.1 Å². The molecule has 1 aromatic rings. The van der Waals surface area contributed by atoms with E-state index >= 15 is 0 Å². The Labute approximate surface area is 112 Å². The number of pyridine rings is 1. The summed E-state index contributed by atoms with van der Waals surface area (Å²) in [5.74, 6) is 0.101. The molecular weight excluding hydrogens is 244 g/mol. The molecule has 6 nitrogen and oxygen atoms in total. The summed E-state index contributed by atoms with van der Waals surface area (Å²) in [6.45, 7) is 4.01. The highest BCUT2D eigenvalue weighted by atomic mass is 16.5. The van der Waals surface area contributed by atoms with Crippen LogP contribution < -0.4 is 11.1 Å². The highest BCUT2D eigenvalue weighted by Gasteiger charge is 2.15. The summed E-state index contributed by atoms with van der Waals surface area (Å²) < 4.78 is 4.73. The first-order valence-corrected chi connectivity index (χ1v) is 6.51. The first-order chi connectivity index (χ1) is 9.20. The molecule has 0 aromatic carbocycles. The van der Waals surface area contributed by atoms with E-state index in [9.17, 15) is 4.79 Å². The number of carbonyl (C=O) groups excluding carboxylic acids is 1. The number of methoxy groups -OCH3 is 1. The minimum atomic E-state index is -0.427. The fourth-order valence-electron chi connectivity index (χ4n) is 2.23. The standard InChI is InChI=1S/C13H20N4O2/c1-19-13(18)11-8-10(14)9-16-12(11)15-4-7-17-5-2-3-6-17/h8-9H,2-7,14H2,1H3,(H,15,16). The predicted octanol–water partition coefficient (Wildman–Crippen LogP) is 0.958. The molecule has 1 aromatic heterocycles. The van der Waals surface area contributed by atoms with Crippen molar-refractivity contribution < 1.29 is 9.53 Å². The van der Waals surface area contributed by atoms with Crippen molar-refractivity contribution in [3.8, 4) is 0 Å². The Balaban J connectivity index is 1.96. The van der Waals surface area contributed by atoms with E-state index in [1.807, 2.05) is 0 Å². The third-order valence-electron chi connectivity index (χ3n) is 3.23. The lowest BCUT2D eigenvalue weighted by Crippen LogP contribution is -2.26. The van der Waals surface area contributed by atoms with Crippen LogP contribution in [0.25, 0.3) is 0 Å². The quantitative estimate of drug-likeness (QED) is 0.771. The number of hydrogen-bond donors (Lipinski definition) is 2. The van der Waals surface area contributed by atoms with Crippen molar-refractivity contribution in [1.29, 1.82) is 0 Å². The number of anilines is 2. The van der Waals surface area contributed by atoms with E-state index in [4.69, 9.17) is 10.5 Å². The van der Waals surface area contributed by atoms with Gasteiger partial charge in [0.05, 0.1) is 19.0 Å². The zero-order valence-corrected chi connectivity index (χ0v) is 11.2. The van der Waals surface area contributed by atoms with Gasteiger partial charge in [-0.25, -0.2) is 9.78 Å². The Morgan fingerprint density at radius 1 is 1.53 bits per heavy atom. The average molecular weight is 264 g/mol. The van der Waals surface area contributed by atoms with Crippen LogP contribution in [0.15, 0.2) is 12.3 Å². The monoisotopic (exact) mass is 264 g/mol. The Kier molecular flexibility index (Phi) is 4.57. The number of esters is 1. The van der Waals surface area contributed by atoms with E-state index in [0.717, 1.165) is 26.2 Å². The Bertz CT molecular complexity index is 444. The lowest BCUT2D eigenvalue weighted by molar-refractivity contribution is 0.0601. The summed E-state index contributed by atoms with van der Waals surface area (Å²) in [6.07, 6.45) is 4.08. The molecule has 6 heteroatoms. The van der Waals surface area contributed by atoms with Gasteiger partial charge in [-0.2, -0.15) is 0 Å². The molecule has 0 saturated carbocycles. The molecule has 0 radical (unpaired) electrons. The number of rotatable bonds is 5. The number of nitrogens with zero attached hydrogens (tertiary/aromatic N) is 2. The maximum absolute atomic E-state index is 11.6. The SMILES string of the molecule is COC(=O)c1cc(N)cnc1NCCN1CCCC1. The number of nitrogens with two attached hydrogens (primary N) is 1. The van der Waals surface area contributed by atoms with Gasteiger partial charge >= 0.3 is 5.97 Å². The molecule has 0 atom stereocenters. The van der Waals surface area contributed by atoms with Gasteiger partial charge in [-0.15, -0.1) is 0 Å². The van der Waals surface area contributed by atoms with Crippen LogP contribution in [0.1, 0.15) is 23.2 Å². The molecule has 19 heavy (non-hydrogen) atoms. The van der Waals surface area contributed by atoms with Crippen LogP contribution in [0.2, 0.25) is 0 Å². The van der Waals surface area contributed by atoms with Gasteiger partial charge in [0.25, 0.3) is 0 Å². The molecule has 1 aliphatic heterocycles. The second-order valence-electron chi connectivity index (χ2n) is 4.63. The Morgan fingerprint density at radius 3 is 2.95 bits per heavy atom. The van der Waals surface area contributed by atoms with Gasteiger partial charge in [-0.05, 0) is 32.0 Å². The van der Waals surface area contributed by atoms with Crippen LogP contribution in [0.4, 0.5) is 11.5 Å². The summed E-state index contributed by atoms with van der Waals surface area (Å²) in [5.41, 5.74) is 6.47. The number of hydrogen-bond acceptors (Lipinski definition) is 6. The molecule has 3 N–H and O–H groups in total. The maximum Gasteiger partial charge on any atom is 0.341 e. The zero-order chi connectivity index (χ0) is 13.7. The average Bonchev–Trinajstić information content (AvgIpc) is 2.92. The molecule has 0 bridgehead atoms. The molecule has 2 rings (SSSR count). The second kappa shape index (κ2) is 6.38. The van der Waals surface area contributed by atoms with Crippen LogP contribution in [0, 0.1) is 0 Å². The van der Waals surface area contributed by atoms with Crippen molar-refractivity contribution in [2.75, 3.05) is 44.3 Å². The summed E-state index contributed by atoms with van der Waals surface area (Å²) in [5, 5.41) is 3.17. The van der Waals surface area contributed by atoms with Crippen molar-refractivity contribution in [3.05, 3.63) is 17.8 Å². The van der Waals surface area contributed by atoms with Crippen molar-refractivity contribution in [2.45, 2.75) is 12.8 Å². The lowest BCUT2D eigenvalue weighted by atomic mass is 10.2. The Hall–Kier alpha value is -1.82. The molecular formula is C13H20N4O2. The first kappa shape index (κ1) is 13.6. The number of nitrogens with one attached hydrogen (secondary N) is 1. The molecule has 0 unspecified atom stereocenters. The van der Waals surface area contributed by atoms with E-state index in [-0.39, 0.29) is 0 Å². The van der Waals surface area contributed by atoms with Gasteiger partial charge in [0.15, 0.2) is 0 Å². The summed E-state index contributed by atoms with van der Waals surface area (Å²) >= 11 is 0.